The summed E-state index contributed by atoms with van der Waals surface area (Å²) in [5.74, 6) is 0.0126. The van der Waals surface area contributed by atoms with Gasteiger partial charge in [-0.25, -0.2) is 0 Å². The summed E-state index contributed by atoms with van der Waals surface area (Å²) in [6, 6.07) is 0. The highest BCUT2D eigenvalue weighted by atomic mass is 16.5. The van der Waals surface area contributed by atoms with Crippen LogP contribution in [0.2, 0.25) is 0 Å². The Morgan fingerprint density at radius 1 is 1.38 bits per heavy atom. The Hall–Kier alpha value is -0.610. The molecule has 94 valence electrons. The van der Waals surface area contributed by atoms with Crippen LogP contribution in [-0.4, -0.2) is 32.5 Å². The number of methoxy groups -OCH3 is 1. The van der Waals surface area contributed by atoms with Gasteiger partial charge in [-0.1, -0.05) is 6.92 Å². The summed E-state index contributed by atoms with van der Waals surface area (Å²) in [5.41, 5.74) is 0. The molecule has 1 aliphatic rings. The van der Waals surface area contributed by atoms with Gasteiger partial charge in [-0.05, 0) is 39.2 Å². The maximum Gasteiger partial charge on any atom is 0.308 e. The molecule has 1 unspecified atom stereocenters. The van der Waals surface area contributed by atoms with E-state index in [0.717, 1.165) is 32.1 Å². The predicted octanol–water partition coefficient (Wildman–Crippen LogP) is 1.69. The Bertz CT molecular complexity index is 208. The molecular weight excluding hydrogens is 206 g/mol. The number of carbonyl (C=O) groups is 1. The normalized spacial score (nSPS) is 27.4. The fourth-order valence-corrected chi connectivity index (χ4v) is 2.20. The zero-order valence-electron chi connectivity index (χ0n) is 10.5. The van der Waals surface area contributed by atoms with Crippen LogP contribution in [0, 0.1) is 5.92 Å². The first kappa shape index (κ1) is 13.5. The first-order valence-corrected chi connectivity index (χ1v) is 6.11. The van der Waals surface area contributed by atoms with Crippen molar-refractivity contribution in [2.75, 3.05) is 14.2 Å². The van der Waals surface area contributed by atoms with Crippen molar-refractivity contribution in [1.82, 2.24) is 5.32 Å². The van der Waals surface area contributed by atoms with E-state index in [9.17, 15) is 4.79 Å². The molecule has 4 nitrogen and oxygen atoms in total. The molecule has 1 atom stereocenters. The molecule has 1 rings (SSSR count). The summed E-state index contributed by atoms with van der Waals surface area (Å²) in [6.07, 6.45) is 5.08. The van der Waals surface area contributed by atoms with Crippen LogP contribution in [0.25, 0.3) is 0 Å². The van der Waals surface area contributed by atoms with Gasteiger partial charge in [0.15, 0.2) is 0 Å². The average Bonchev–Trinajstić information content (AvgIpc) is 2.35. The van der Waals surface area contributed by atoms with E-state index in [1.54, 1.807) is 0 Å². The van der Waals surface area contributed by atoms with Crippen molar-refractivity contribution in [2.45, 2.75) is 51.4 Å². The third-order valence-corrected chi connectivity index (χ3v) is 3.26. The van der Waals surface area contributed by atoms with Gasteiger partial charge in [-0.15, -0.1) is 0 Å². The second kappa shape index (κ2) is 6.86. The van der Waals surface area contributed by atoms with Crippen molar-refractivity contribution < 1.29 is 14.3 Å². The topological polar surface area (TPSA) is 47.6 Å². The zero-order valence-corrected chi connectivity index (χ0v) is 10.5. The fourth-order valence-electron chi connectivity index (χ4n) is 2.20. The molecule has 0 bridgehead atoms. The molecule has 1 fully saturated rings. The first-order valence-electron chi connectivity index (χ1n) is 6.11. The van der Waals surface area contributed by atoms with Gasteiger partial charge in [0.1, 0.15) is 6.23 Å². The van der Waals surface area contributed by atoms with Gasteiger partial charge in [0.2, 0.25) is 0 Å². The molecule has 0 amide bonds. The van der Waals surface area contributed by atoms with Crippen molar-refractivity contribution in [3.63, 3.8) is 0 Å². The lowest BCUT2D eigenvalue weighted by molar-refractivity contribution is -0.148. The molecule has 0 aliphatic heterocycles. The number of carbonyl (C=O) groups excluding carboxylic acids is 1. The third kappa shape index (κ3) is 3.76. The summed E-state index contributed by atoms with van der Waals surface area (Å²) in [7, 11) is 3.37. The third-order valence-electron chi connectivity index (χ3n) is 3.26. The molecular formula is C12H23NO3. The van der Waals surface area contributed by atoms with Crippen molar-refractivity contribution in [3.8, 4) is 0 Å². The van der Waals surface area contributed by atoms with Crippen LogP contribution in [0.15, 0.2) is 0 Å². The van der Waals surface area contributed by atoms with E-state index in [1.165, 1.54) is 7.11 Å². The van der Waals surface area contributed by atoms with Crippen LogP contribution in [0.4, 0.5) is 0 Å². The quantitative estimate of drug-likeness (QED) is 0.575. The number of esters is 1. The lowest BCUT2D eigenvalue weighted by Gasteiger charge is -2.29. The summed E-state index contributed by atoms with van der Waals surface area (Å²) in [5, 5.41) is 3.13. The second-order valence-corrected chi connectivity index (χ2v) is 4.32. The summed E-state index contributed by atoms with van der Waals surface area (Å²) < 4.78 is 10.6. The number of hydrogen-bond acceptors (Lipinski definition) is 4. The number of ether oxygens (including phenoxy) is 2. The van der Waals surface area contributed by atoms with E-state index in [2.05, 4.69) is 12.2 Å². The van der Waals surface area contributed by atoms with E-state index >= 15 is 0 Å². The maximum absolute atomic E-state index is 11.3. The molecule has 1 saturated carbocycles. The minimum Gasteiger partial charge on any atom is -0.469 e. The number of hydrogen-bond donors (Lipinski definition) is 1. The monoisotopic (exact) mass is 229 g/mol. The Kier molecular flexibility index (Phi) is 5.77. The van der Waals surface area contributed by atoms with Crippen LogP contribution in [0.5, 0.6) is 0 Å². The zero-order chi connectivity index (χ0) is 12.0. The van der Waals surface area contributed by atoms with Crippen molar-refractivity contribution >= 4 is 5.97 Å². The Morgan fingerprint density at radius 3 is 2.44 bits per heavy atom. The molecule has 1 N–H and O–H groups in total. The van der Waals surface area contributed by atoms with Crippen LogP contribution in [0.1, 0.15) is 39.0 Å². The predicted molar refractivity (Wildman–Crippen MR) is 62.0 cm³/mol. The minimum absolute atomic E-state index is 0.0703. The van der Waals surface area contributed by atoms with Gasteiger partial charge in [0.05, 0.1) is 19.1 Å². The molecule has 16 heavy (non-hydrogen) atoms. The highest BCUT2D eigenvalue weighted by molar-refractivity contribution is 5.72. The lowest BCUT2D eigenvalue weighted by atomic mass is 9.87. The van der Waals surface area contributed by atoms with Crippen molar-refractivity contribution in [1.29, 1.82) is 0 Å². The smallest absolute Gasteiger partial charge is 0.308 e. The molecule has 0 heterocycles. The average molecular weight is 229 g/mol. The molecule has 0 saturated heterocycles. The van der Waals surface area contributed by atoms with Crippen molar-refractivity contribution in [2.24, 2.45) is 5.92 Å². The largest absolute Gasteiger partial charge is 0.469 e. The standard InChI is InChI=1S/C12H23NO3/c1-4-11(13-2)16-10-7-5-9(6-8-10)12(14)15-3/h9-11,13H,4-8H2,1-3H3. The van der Waals surface area contributed by atoms with Gasteiger partial charge >= 0.3 is 5.97 Å². The molecule has 0 aromatic rings. The van der Waals surface area contributed by atoms with Gasteiger partial charge in [-0.2, -0.15) is 0 Å². The summed E-state index contributed by atoms with van der Waals surface area (Å²) >= 11 is 0. The van der Waals surface area contributed by atoms with Gasteiger partial charge < -0.3 is 9.47 Å². The van der Waals surface area contributed by atoms with Gasteiger partial charge in [-0.3, -0.25) is 10.1 Å². The number of rotatable bonds is 5. The first-order chi connectivity index (χ1) is 7.71. The fraction of sp³-hybridized carbons (Fsp3) is 0.917. The van der Waals surface area contributed by atoms with E-state index in [1.807, 2.05) is 7.05 Å². The van der Waals surface area contributed by atoms with Crippen LogP contribution >= 0.6 is 0 Å². The minimum atomic E-state index is -0.0703. The molecule has 0 radical (unpaired) electrons. The number of nitrogens with one attached hydrogen (secondary N) is 1. The Balaban J connectivity index is 2.29. The van der Waals surface area contributed by atoms with Crippen molar-refractivity contribution in [3.05, 3.63) is 0 Å². The molecule has 0 aromatic heterocycles. The lowest BCUT2D eigenvalue weighted by Crippen LogP contribution is -2.35. The molecule has 4 heteroatoms. The highest BCUT2D eigenvalue weighted by Crippen LogP contribution is 2.27. The molecule has 0 aromatic carbocycles. The van der Waals surface area contributed by atoms with E-state index in [-0.39, 0.29) is 18.1 Å². The van der Waals surface area contributed by atoms with Gasteiger partial charge in [0, 0.05) is 0 Å². The summed E-state index contributed by atoms with van der Waals surface area (Å²) in [6.45, 7) is 2.10. The molecule has 1 aliphatic carbocycles. The Morgan fingerprint density at radius 2 is 2.00 bits per heavy atom. The van der Waals surface area contributed by atoms with E-state index in [0.29, 0.717) is 6.10 Å². The maximum atomic E-state index is 11.3. The van der Waals surface area contributed by atoms with E-state index in [4.69, 9.17) is 9.47 Å². The summed E-state index contributed by atoms with van der Waals surface area (Å²) in [4.78, 5) is 11.3. The van der Waals surface area contributed by atoms with Crippen LogP contribution in [-0.2, 0) is 14.3 Å². The van der Waals surface area contributed by atoms with E-state index < -0.39 is 0 Å². The second-order valence-electron chi connectivity index (χ2n) is 4.32. The SMILES string of the molecule is CCC(NC)OC1CCC(C(=O)OC)CC1. The van der Waals surface area contributed by atoms with Crippen LogP contribution in [0.3, 0.4) is 0 Å². The highest BCUT2D eigenvalue weighted by Gasteiger charge is 2.28. The van der Waals surface area contributed by atoms with Crippen LogP contribution < -0.4 is 5.32 Å². The van der Waals surface area contributed by atoms with Gasteiger partial charge in [0.25, 0.3) is 0 Å². The molecule has 0 spiro atoms. The Labute approximate surface area is 97.7 Å².